The third kappa shape index (κ3) is 2.55. The Balaban J connectivity index is 1.51. The van der Waals surface area contributed by atoms with Gasteiger partial charge < -0.3 is 0 Å². The molecule has 0 spiro atoms. The van der Waals surface area contributed by atoms with E-state index in [4.69, 9.17) is 4.98 Å². The molecular formula is C27H29N. The molecule has 0 amide bonds. The second-order valence-electron chi connectivity index (χ2n) is 10.2. The van der Waals surface area contributed by atoms with Crippen LogP contribution in [-0.2, 0) is 5.41 Å². The van der Waals surface area contributed by atoms with Crippen molar-refractivity contribution < 1.29 is 0 Å². The SMILES string of the molecule is Cc1cc(C)cc(-c2nccc3ccc(C45CC6CC(CC(C6)C4)C5)cc23)c1. The Hall–Kier alpha value is -2.15. The van der Waals surface area contributed by atoms with Gasteiger partial charge in [-0.15, -0.1) is 0 Å². The van der Waals surface area contributed by atoms with Gasteiger partial charge in [-0.25, -0.2) is 0 Å². The zero-order valence-electron chi connectivity index (χ0n) is 17.0. The van der Waals surface area contributed by atoms with Crippen LogP contribution in [0, 0.1) is 31.6 Å². The van der Waals surface area contributed by atoms with Crippen molar-refractivity contribution in [1.29, 1.82) is 0 Å². The predicted octanol–water partition coefficient (Wildman–Crippen LogP) is 6.99. The largest absolute Gasteiger partial charge is 0.256 e. The molecule has 4 aliphatic rings. The quantitative estimate of drug-likeness (QED) is 0.476. The van der Waals surface area contributed by atoms with Gasteiger partial charge in [-0.2, -0.15) is 0 Å². The van der Waals surface area contributed by atoms with Crippen LogP contribution in [0.15, 0.2) is 48.7 Å². The molecule has 4 aliphatic carbocycles. The highest BCUT2D eigenvalue weighted by Crippen LogP contribution is 2.60. The van der Waals surface area contributed by atoms with Gasteiger partial charge in [0.25, 0.3) is 0 Å². The van der Waals surface area contributed by atoms with Gasteiger partial charge in [0.2, 0.25) is 0 Å². The highest BCUT2D eigenvalue weighted by Gasteiger charge is 2.51. The second kappa shape index (κ2) is 5.92. The molecule has 0 atom stereocenters. The molecule has 0 radical (unpaired) electrons. The van der Waals surface area contributed by atoms with E-state index in [2.05, 4.69) is 56.3 Å². The van der Waals surface area contributed by atoms with Gasteiger partial charge in [0.15, 0.2) is 0 Å². The summed E-state index contributed by atoms with van der Waals surface area (Å²) in [5.41, 5.74) is 7.06. The molecule has 0 saturated heterocycles. The third-order valence-corrected chi connectivity index (χ3v) is 7.91. The fraction of sp³-hybridized carbons (Fsp3) is 0.444. The van der Waals surface area contributed by atoms with E-state index in [9.17, 15) is 0 Å². The zero-order valence-corrected chi connectivity index (χ0v) is 17.0. The fourth-order valence-corrected chi connectivity index (χ4v) is 7.30. The first-order valence-electron chi connectivity index (χ1n) is 11.1. The molecule has 1 heterocycles. The van der Waals surface area contributed by atoms with Crippen molar-refractivity contribution in [3.05, 3.63) is 65.4 Å². The minimum Gasteiger partial charge on any atom is -0.256 e. The van der Waals surface area contributed by atoms with Crippen molar-refractivity contribution in [1.82, 2.24) is 4.98 Å². The monoisotopic (exact) mass is 367 g/mol. The van der Waals surface area contributed by atoms with Crippen LogP contribution in [0.1, 0.15) is 55.2 Å². The molecule has 1 aromatic heterocycles. The summed E-state index contributed by atoms with van der Waals surface area (Å²) in [6, 6.07) is 16.3. The molecule has 3 aromatic rings. The zero-order chi connectivity index (χ0) is 18.9. The summed E-state index contributed by atoms with van der Waals surface area (Å²) in [6.07, 6.45) is 10.7. The molecule has 4 bridgehead atoms. The summed E-state index contributed by atoms with van der Waals surface area (Å²) in [5, 5.41) is 2.65. The Kier molecular flexibility index (Phi) is 3.55. The van der Waals surface area contributed by atoms with E-state index in [0.717, 1.165) is 23.4 Å². The van der Waals surface area contributed by atoms with Crippen LogP contribution in [0.3, 0.4) is 0 Å². The molecule has 0 N–H and O–H groups in total. The number of aromatic nitrogens is 1. The molecule has 0 aliphatic heterocycles. The van der Waals surface area contributed by atoms with E-state index < -0.39 is 0 Å². The average Bonchev–Trinajstić information content (AvgIpc) is 2.65. The number of hydrogen-bond donors (Lipinski definition) is 0. The van der Waals surface area contributed by atoms with Crippen LogP contribution in [0.4, 0.5) is 0 Å². The first-order chi connectivity index (χ1) is 13.6. The van der Waals surface area contributed by atoms with Gasteiger partial charge in [0.05, 0.1) is 5.69 Å². The standard InChI is InChI=1S/C27H29N/c1-17-7-18(2)9-23(8-17)26-25-13-24(4-3-22(25)5-6-28-26)27-14-19-10-20(15-27)12-21(11-19)16-27/h3-9,13,19-21H,10-12,14-16H2,1-2H3. The molecule has 0 unspecified atom stereocenters. The van der Waals surface area contributed by atoms with Gasteiger partial charge >= 0.3 is 0 Å². The van der Waals surface area contributed by atoms with Gasteiger partial charge in [-0.1, -0.05) is 29.3 Å². The van der Waals surface area contributed by atoms with Crippen molar-refractivity contribution in [3.8, 4) is 11.3 Å². The minimum atomic E-state index is 0.443. The van der Waals surface area contributed by atoms with Gasteiger partial charge in [0, 0.05) is 17.1 Å². The lowest BCUT2D eigenvalue weighted by Gasteiger charge is -2.57. The molecule has 28 heavy (non-hydrogen) atoms. The predicted molar refractivity (Wildman–Crippen MR) is 117 cm³/mol. The Morgan fingerprint density at radius 3 is 2.07 bits per heavy atom. The van der Waals surface area contributed by atoms with Crippen molar-refractivity contribution in [3.63, 3.8) is 0 Å². The van der Waals surface area contributed by atoms with E-state index in [-0.39, 0.29) is 0 Å². The van der Waals surface area contributed by atoms with Crippen LogP contribution in [0.25, 0.3) is 22.0 Å². The third-order valence-electron chi connectivity index (χ3n) is 7.91. The topological polar surface area (TPSA) is 12.9 Å². The maximum Gasteiger partial charge on any atom is 0.0780 e. The number of hydrogen-bond acceptors (Lipinski definition) is 1. The number of rotatable bonds is 2. The Morgan fingerprint density at radius 1 is 0.786 bits per heavy atom. The first kappa shape index (κ1) is 16.8. The summed E-state index contributed by atoms with van der Waals surface area (Å²) in [6.45, 7) is 4.37. The van der Waals surface area contributed by atoms with Crippen molar-refractivity contribution in [2.75, 3.05) is 0 Å². The van der Waals surface area contributed by atoms with E-state index >= 15 is 0 Å². The molecule has 1 nitrogen and oxygen atoms in total. The van der Waals surface area contributed by atoms with Gasteiger partial charge in [0.1, 0.15) is 0 Å². The Bertz CT molecular complexity index is 1020. The van der Waals surface area contributed by atoms with Gasteiger partial charge in [-0.3, -0.25) is 4.98 Å². The van der Waals surface area contributed by atoms with Crippen LogP contribution in [-0.4, -0.2) is 4.98 Å². The number of benzene rings is 2. The number of fused-ring (bicyclic) bond motifs is 1. The highest BCUT2D eigenvalue weighted by molar-refractivity contribution is 5.95. The molecule has 1 heteroatoms. The summed E-state index contributed by atoms with van der Waals surface area (Å²) < 4.78 is 0. The van der Waals surface area contributed by atoms with Crippen LogP contribution < -0.4 is 0 Å². The maximum atomic E-state index is 4.85. The fourth-order valence-electron chi connectivity index (χ4n) is 7.30. The smallest absolute Gasteiger partial charge is 0.0780 e. The number of aryl methyl sites for hydroxylation is 2. The summed E-state index contributed by atoms with van der Waals surface area (Å²) in [7, 11) is 0. The van der Waals surface area contributed by atoms with Gasteiger partial charge in [-0.05, 0) is 111 Å². The molecular weight excluding hydrogens is 338 g/mol. The molecule has 2 aromatic carbocycles. The lowest BCUT2D eigenvalue weighted by atomic mass is 9.48. The van der Waals surface area contributed by atoms with Crippen molar-refractivity contribution >= 4 is 10.8 Å². The summed E-state index contributed by atoms with van der Waals surface area (Å²) in [5.74, 6) is 2.94. The van der Waals surface area contributed by atoms with Crippen molar-refractivity contribution in [2.45, 2.75) is 57.8 Å². The number of nitrogens with zero attached hydrogens (tertiary/aromatic N) is 1. The van der Waals surface area contributed by atoms with E-state index in [0.29, 0.717) is 5.41 Å². The van der Waals surface area contributed by atoms with E-state index in [1.54, 1.807) is 5.56 Å². The first-order valence-corrected chi connectivity index (χ1v) is 11.1. The van der Waals surface area contributed by atoms with Crippen LogP contribution in [0.5, 0.6) is 0 Å². The Labute approximate surface area is 168 Å². The average molecular weight is 368 g/mol. The van der Waals surface area contributed by atoms with E-state index in [1.807, 2.05) is 6.20 Å². The maximum absolute atomic E-state index is 4.85. The molecule has 4 fully saturated rings. The molecule has 142 valence electrons. The van der Waals surface area contributed by atoms with Crippen molar-refractivity contribution in [2.24, 2.45) is 17.8 Å². The lowest BCUT2D eigenvalue weighted by molar-refractivity contribution is -0.00512. The minimum absolute atomic E-state index is 0.443. The Morgan fingerprint density at radius 2 is 1.43 bits per heavy atom. The van der Waals surface area contributed by atoms with E-state index in [1.165, 1.54) is 66.0 Å². The summed E-state index contributed by atoms with van der Waals surface area (Å²) in [4.78, 5) is 4.85. The van der Waals surface area contributed by atoms with Crippen LogP contribution in [0.2, 0.25) is 0 Å². The van der Waals surface area contributed by atoms with Crippen LogP contribution >= 0.6 is 0 Å². The summed E-state index contributed by atoms with van der Waals surface area (Å²) >= 11 is 0. The normalized spacial score (nSPS) is 30.9. The second-order valence-corrected chi connectivity index (χ2v) is 10.2. The highest BCUT2D eigenvalue weighted by atomic mass is 14.7. The number of pyridine rings is 1. The molecule has 7 rings (SSSR count). The molecule has 4 saturated carbocycles. The lowest BCUT2D eigenvalue weighted by Crippen LogP contribution is -2.48.